The molecule has 28 heavy (non-hydrogen) atoms. The minimum Gasteiger partial charge on any atom is -0.312 e. The van der Waals surface area contributed by atoms with Crippen molar-refractivity contribution in [1.82, 2.24) is 9.55 Å². The molecule has 1 aliphatic heterocycles. The van der Waals surface area contributed by atoms with E-state index in [0.717, 1.165) is 47.1 Å². The summed E-state index contributed by atoms with van der Waals surface area (Å²) >= 11 is 1.58. The van der Waals surface area contributed by atoms with Crippen molar-refractivity contribution >= 4 is 34.3 Å². The first-order valence-corrected chi connectivity index (χ1v) is 10.7. The summed E-state index contributed by atoms with van der Waals surface area (Å²) in [5, 5.41) is 1.42. The number of amides is 1. The smallest absolute Gasteiger partial charge is 0.262 e. The van der Waals surface area contributed by atoms with E-state index in [-0.39, 0.29) is 11.5 Å². The third-order valence-corrected chi connectivity index (χ3v) is 6.01. The molecule has 1 aliphatic rings. The number of para-hydroxylation sites is 1. The highest BCUT2D eigenvalue weighted by molar-refractivity contribution is 7.98. The third kappa shape index (κ3) is 3.69. The number of benzene rings is 2. The van der Waals surface area contributed by atoms with E-state index in [2.05, 4.69) is 19.1 Å². The summed E-state index contributed by atoms with van der Waals surface area (Å²) in [4.78, 5) is 31.3. The number of thioether (sulfide) groups is 1. The standard InChI is InChI=1S/C22H23N3O2S/c1-2-13-25-21(27)18-6-3-4-7-19(18)23-22(25)28-15-16-9-11-17(12-10-16)24-14-5-8-20(24)26/h3-4,6-7,9-12H,2,5,8,13-15H2,1H3. The van der Waals surface area contributed by atoms with E-state index in [9.17, 15) is 9.59 Å². The molecule has 144 valence electrons. The summed E-state index contributed by atoms with van der Waals surface area (Å²) in [6.45, 7) is 3.53. The monoisotopic (exact) mass is 393 g/mol. The van der Waals surface area contributed by atoms with E-state index >= 15 is 0 Å². The second kappa shape index (κ2) is 8.19. The van der Waals surface area contributed by atoms with Crippen molar-refractivity contribution in [2.45, 2.75) is 43.6 Å². The lowest BCUT2D eigenvalue weighted by atomic mass is 10.2. The van der Waals surface area contributed by atoms with Gasteiger partial charge >= 0.3 is 0 Å². The fraction of sp³-hybridized carbons (Fsp3) is 0.318. The number of fused-ring (bicyclic) bond motifs is 1. The van der Waals surface area contributed by atoms with Crippen LogP contribution in [-0.2, 0) is 17.1 Å². The molecule has 0 atom stereocenters. The van der Waals surface area contributed by atoms with Gasteiger partial charge in [-0.1, -0.05) is 43.0 Å². The largest absolute Gasteiger partial charge is 0.312 e. The summed E-state index contributed by atoms with van der Waals surface area (Å²) in [6, 6.07) is 15.6. The van der Waals surface area contributed by atoms with Gasteiger partial charge in [-0.3, -0.25) is 14.2 Å². The fourth-order valence-electron chi connectivity index (χ4n) is 3.52. The van der Waals surface area contributed by atoms with Crippen LogP contribution in [0, 0.1) is 0 Å². The molecule has 0 aliphatic carbocycles. The molecule has 0 bridgehead atoms. The normalized spacial score (nSPS) is 14.2. The molecule has 1 saturated heterocycles. The summed E-state index contributed by atoms with van der Waals surface area (Å²) in [5.41, 5.74) is 2.87. The van der Waals surface area contributed by atoms with Crippen LogP contribution in [0.2, 0.25) is 0 Å². The zero-order valence-corrected chi connectivity index (χ0v) is 16.7. The second-order valence-electron chi connectivity index (χ2n) is 6.97. The van der Waals surface area contributed by atoms with Crippen molar-refractivity contribution in [3.8, 4) is 0 Å². The Balaban J connectivity index is 1.56. The van der Waals surface area contributed by atoms with Gasteiger partial charge in [0.1, 0.15) is 0 Å². The van der Waals surface area contributed by atoms with Gasteiger partial charge in [0.15, 0.2) is 5.16 Å². The van der Waals surface area contributed by atoms with Crippen molar-refractivity contribution in [2.24, 2.45) is 0 Å². The van der Waals surface area contributed by atoms with E-state index in [1.807, 2.05) is 41.3 Å². The van der Waals surface area contributed by atoms with Crippen LogP contribution in [0.25, 0.3) is 10.9 Å². The number of nitrogens with zero attached hydrogens (tertiary/aromatic N) is 3. The molecule has 1 amide bonds. The van der Waals surface area contributed by atoms with Gasteiger partial charge in [0.25, 0.3) is 5.56 Å². The maximum absolute atomic E-state index is 12.8. The van der Waals surface area contributed by atoms with Crippen molar-refractivity contribution in [3.05, 3.63) is 64.4 Å². The van der Waals surface area contributed by atoms with Gasteiger partial charge in [0.05, 0.1) is 10.9 Å². The number of rotatable bonds is 6. The Kier molecular flexibility index (Phi) is 5.48. The van der Waals surface area contributed by atoms with Crippen molar-refractivity contribution < 1.29 is 4.79 Å². The van der Waals surface area contributed by atoms with Crippen molar-refractivity contribution in [1.29, 1.82) is 0 Å². The van der Waals surface area contributed by atoms with E-state index in [1.54, 1.807) is 16.3 Å². The maximum Gasteiger partial charge on any atom is 0.262 e. The van der Waals surface area contributed by atoms with E-state index in [0.29, 0.717) is 18.4 Å². The molecule has 1 fully saturated rings. The minimum absolute atomic E-state index is 0.0258. The van der Waals surface area contributed by atoms with Crippen LogP contribution in [0.5, 0.6) is 0 Å². The fourth-order valence-corrected chi connectivity index (χ4v) is 4.50. The summed E-state index contributed by atoms with van der Waals surface area (Å²) in [6.07, 6.45) is 2.45. The lowest BCUT2D eigenvalue weighted by Gasteiger charge is -2.16. The van der Waals surface area contributed by atoms with Crippen LogP contribution < -0.4 is 10.5 Å². The first-order valence-electron chi connectivity index (χ1n) is 9.69. The highest BCUT2D eigenvalue weighted by Gasteiger charge is 2.21. The summed E-state index contributed by atoms with van der Waals surface area (Å²) in [5.74, 6) is 0.925. The average Bonchev–Trinajstić information content (AvgIpc) is 3.15. The predicted molar refractivity (Wildman–Crippen MR) is 114 cm³/mol. The van der Waals surface area contributed by atoms with Crippen LogP contribution in [-0.4, -0.2) is 22.0 Å². The number of anilines is 1. The first kappa shape index (κ1) is 18.7. The Morgan fingerprint density at radius 1 is 1.07 bits per heavy atom. The molecule has 5 nitrogen and oxygen atoms in total. The molecule has 2 aromatic carbocycles. The average molecular weight is 394 g/mol. The van der Waals surface area contributed by atoms with Crippen molar-refractivity contribution in [3.63, 3.8) is 0 Å². The van der Waals surface area contributed by atoms with Gasteiger partial charge in [-0.25, -0.2) is 4.98 Å². The molecule has 0 N–H and O–H groups in total. The molecule has 0 saturated carbocycles. The first-order chi connectivity index (χ1) is 13.7. The molecular weight excluding hydrogens is 370 g/mol. The molecule has 1 aromatic heterocycles. The lowest BCUT2D eigenvalue weighted by molar-refractivity contribution is -0.117. The topological polar surface area (TPSA) is 55.2 Å². The SMILES string of the molecule is CCCn1c(SCc2ccc(N3CCCC3=O)cc2)nc2ccccc2c1=O. The zero-order valence-electron chi connectivity index (χ0n) is 15.9. The Labute approximate surface area is 168 Å². The van der Waals surface area contributed by atoms with Crippen LogP contribution in [0.15, 0.2) is 58.5 Å². The van der Waals surface area contributed by atoms with Crippen LogP contribution >= 0.6 is 11.8 Å². The van der Waals surface area contributed by atoms with Gasteiger partial charge in [-0.15, -0.1) is 0 Å². The van der Waals surface area contributed by atoms with E-state index in [4.69, 9.17) is 4.98 Å². The second-order valence-corrected chi connectivity index (χ2v) is 7.91. The number of hydrogen-bond donors (Lipinski definition) is 0. The van der Waals surface area contributed by atoms with Gasteiger partial charge in [0, 0.05) is 31.0 Å². The highest BCUT2D eigenvalue weighted by atomic mass is 32.2. The molecule has 0 spiro atoms. The molecule has 3 aromatic rings. The van der Waals surface area contributed by atoms with Gasteiger partial charge < -0.3 is 4.90 Å². The Hall–Kier alpha value is -2.60. The third-order valence-electron chi connectivity index (χ3n) is 4.96. The van der Waals surface area contributed by atoms with Crippen LogP contribution in [0.4, 0.5) is 5.69 Å². The van der Waals surface area contributed by atoms with Gasteiger partial charge in [-0.2, -0.15) is 0 Å². The van der Waals surface area contributed by atoms with Crippen molar-refractivity contribution in [2.75, 3.05) is 11.4 Å². The number of carbonyl (C=O) groups is 1. The molecule has 0 radical (unpaired) electrons. The number of hydrogen-bond acceptors (Lipinski definition) is 4. The Morgan fingerprint density at radius 3 is 2.57 bits per heavy atom. The van der Waals surface area contributed by atoms with Gasteiger partial charge in [-0.05, 0) is 42.7 Å². The van der Waals surface area contributed by atoms with Gasteiger partial charge in [0.2, 0.25) is 5.91 Å². The Bertz CT molecular complexity index is 1060. The number of aromatic nitrogens is 2. The Morgan fingerprint density at radius 2 is 1.86 bits per heavy atom. The van der Waals surface area contributed by atoms with E-state index < -0.39 is 0 Å². The molecule has 2 heterocycles. The van der Waals surface area contributed by atoms with E-state index in [1.165, 1.54) is 0 Å². The molecular formula is C22H23N3O2S. The predicted octanol–water partition coefficient (Wildman–Crippen LogP) is 4.23. The zero-order chi connectivity index (χ0) is 19.5. The molecule has 6 heteroatoms. The lowest BCUT2D eigenvalue weighted by Crippen LogP contribution is -2.23. The number of carbonyl (C=O) groups excluding carboxylic acids is 1. The molecule has 4 rings (SSSR count). The highest BCUT2D eigenvalue weighted by Crippen LogP contribution is 2.25. The maximum atomic E-state index is 12.8. The van der Waals surface area contributed by atoms with Crippen LogP contribution in [0.3, 0.4) is 0 Å². The van der Waals surface area contributed by atoms with Crippen LogP contribution in [0.1, 0.15) is 31.7 Å². The molecule has 0 unspecified atom stereocenters. The summed E-state index contributed by atoms with van der Waals surface area (Å²) in [7, 11) is 0. The quantitative estimate of drug-likeness (QED) is 0.465. The summed E-state index contributed by atoms with van der Waals surface area (Å²) < 4.78 is 1.78. The minimum atomic E-state index is 0.0258.